The van der Waals surface area contributed by atoms with Crippen LogP contribution in [0.1, 0.15) is 13.8 Å². The Balaban J connectivity index is 1.83. The van der Waals surface area contributed by atoms with Crippen molar-refractivity contribution in [1.82, 2.24) is 9.80 Å². The highest BCUT2D eigenvalue weighted by molar-refractivity contribution is 6.42. The van der Waals surface area contributed by atoms with Crippen molar-refractivity contribution in [1.29, 1.82) is 0 Å². The number of morpholine rings is 1. The molecule has 1 saturated heterocycles. The van der Waals surface area contributed by atoms with Gasteiger partial charge < -0.3 is 15.0 Å². The summed E-state index contributed by atoms with van der Waals surface area (Å²) in [4.78, 5) is 27.9. The summed E-state index contributed by atoms with van der Waals surface area (Å²) in [5, 5.41) is 3.48. The first kappa shape index (κ1) is 20.0. The fraction of sp³-hybridized carbons (Fsp3) is 0.529. The molecule has 25 heavy (non-hydrogen) atoms. The zero-order valence-corrected chi connectivity index (χ0v) is 16.1. The number of nitrogens with zero attached hydrogens (tertiary/aromatic N) is 2. The summed E-state index contributed by atoms with van der Waals surface area (Å²) in [7, 11) is 1.62. The van der Waals surface area contributed by atoms with Crippen LogP contribution in [-0.2, 0) is 14.3 Å². The molecule has 1 N–H and O–H groups in total. The molecular weight excluding hydrogens is 365 g/mol. The van der Waals surface area contributed by atoms with Gasteiger partial charge in [-0.1, -0.05) is 23.2 Å². The van der Waals surface area contributed by atoms with E-state index in [0.717, 1.165) is 0 Å². The minimum absolute atomic E-state index is 0.0332. The lowest BCUT2D eigenvalue weighted by molar-refractivity contribution is -0.137. The van der Waals surface area contributed by atoms with Crippen molar-refractivity contribution < 1.29 is 14.3 Å². The van der Waals surface area contributed by atoms with Gasteiger partial charge in [0.25, 0.3) is 0 Å². The molecule has 0 unspecified atom stereocenters. The number of nitrogens with one attached hydrogen (secondary N) is 1. The highest BCUT2D eigenvalue weighted by Gasteiger charge is 2.25. The predicted octanol–water partition coefficient (Wildman–Crippen LogP) is 2.50. The summed E-state index contributed by atoms with van der Waals surface area (Å²) < 4.78 is 5.66. The molecule has 1 aromatic carbocycles. The largest absolute Gasteiger partial charge is 0.373 e. The predicted molar refractivity (Wildman–Crippen MR) is 99.2 cm³/mol. The van der Waals surface area contributed by atoms with Gasteiger partial charge in [-0.2, -0.15) is 0 Å². The third-order valence-corrected chi connectivity index (χ3v) is 4.60. The van der Waals surface area contributed by atoms with Crippen LogP contribution in [0.15, 0.2) is 18.2 Å². The van der Waals surface area contributed by atoms with E-state index >= 15 is 0 Å². The van der Waals surface area contributed by atoms with Crippen LogP contribution in [0, 0.1) is 0 Å². The molecule has 0 spiro atoms. The van der Waals surface area contributed by atoms with Crippen LogP contribution in [0.5, 0.6) is 0 Å². The van der Waals surface area contributed by atoms with Gasteiger partial charge in [0.05, 0.1) is 35.3 Å². The number of anilines is 1. The van der Waals surface area contributed by atoms with Crippen molar-refractivity contribution in [2.24, 2.45) is 0 Å². The van der Waals surface area contributed by atoms with Crippen LogP contribution in [0.2, 0.25) is 10.0 Å². The van der Waals surface area contributed by atoms with Gasteiger partial charge in [-0.05, 0) is 32.0 Å². The molecular formula is C17H23Cl2N3O3. The average molecular weight is 388 g/mol. The first-order chi connectivity index (χ1) is 11.7. The summed E-state index contributed by atoms with van der Waals surface area (Å²) in [6, 6.07) is 4.83. The highest BCUT2D eigenvalue weighted by atomic mass is 35.5. The lowest BCUT2D eigenvalue weighted by Gasteiger charge is -2.35. The third-order valence-electron chi connectivity index (χ3n) is 3.86. The van der Waals surface area contributed by atoms with E-state index in [2.05, 4.69) is 10.2 Å². The van der Waals surface area contributed by atoms with Crippen LogP contribution in [-0.4, -0.2) is 67.0 Å². The number of halogens is 2. The molecule has 0 saturated carbocycles. The minimum Gasteiger partial charge on any atom is -0.373 e. The second-order valence-corrected chi connectivity index (χ2v) is 7.19. The molecule has 2 atom stereocenters. The minimum atomic E-state index is -0.294. The molecule has 1 aliphatic rings. The Hall–Kier alpha value is -1.34. The monoisotopic (exact) mass is 387 g/mol. The van der Waals surface area contributed by atoms with E-state index in [4.69, 9.17) is 27.9 Å². The normalized spacial score (nSPS) is 21.0. The number of hydrogen-bond acceptors (Lipinski definition) is 4. The van der Waals surface area contributed by atoms with E-state index in [1.54, 1.807) is 25.2 Å². The van der Waals surface area contributed by atoms with E-state index in [0.29, 0.717) is 28.8 Å². The molecule has 1 aromatic rings. The van der Waals surface area contributed by atoms with Gasteiger partial charge in [-0.25, -0.2) is 0 Å². The second-order valence-electron chi connectivity index (χ2n) is 6.38. The zero-order valence-electron chi connectivity index (χ0n) is 14.6. The standard InChI is InChI=1S/C17H23Cl2N3O3/c1-11-7-22(8-12(2)25-11)10-17(24)21(3)9-16(23)20-13-4-5-14(18)15(19)6-13/h4-6,11-12H,7-10H2,1-3H3,(H,20,23)/t11-,12-/m0/s1. The molecule has 0 bridgehead atoms. The lowest BCUT2D eigenvalue weighted by atomic mass is 10.2. The summed E-state index contributed by atoms with van der Waals surface area (Å²) in [6.07, 6.45) is 0.194. The number of hydrogen-bond donors (Lipinski definition) is 1. The fourth-order valence-electron chi connectivity index (χ4n) is 2.80. The molecule has 138 valence electrons. The Morgan fingerprint density at radius 2 is 1.88 bits per heavy atom. The Bertz CT molecular complexity index is 632. The number of amides is 2. The molecule has 8 heteroatoms. The molecule has 1 fully saturated rings. The van der Waals surface area contributed by atoms with E-state index in [1.165, 1.54) is 4.90 Å². The van der Waals surface area contributed by atoms with Gasteiger partial charge in [0.15, 0.2) is 0 Å². The van der Waals surface area contributed by atoms with Gasteiger partial charge >= 0.3 is 0 Å². The van der Waals surface area contributed by atoms with Crippen LogP contribution in [0.4, 0.5) is 5.69 Å². The molecule has 0 aromatic heterocycles. The van der Waals surface area contributed by atoms with E-state index in [-0.39, 0.29) is 37.1 Å². The number of carbonyl (C=O) groups is 2. The Morgan fingerprint density at radius 3 is 2.48 bits per heavy atom. The van der Waals surface area contributed by atoms with Gasteiger partial charge in [-0.3, -0.25) is 14.5 Å². The van der Waals surface area contributed by atoms with Crippen molar-refractivity contribution >= 4 is 40.7 Å². The molecule has 0 aliphatic carbocycles. The SMILES string of the molecule is C[C@H]1CN(CC(=O)N(C)CC(=O)Nc2ccc(Cl)c(Cl)c2)C[C@H](C)O1. The summed E-state index contributed by atoms with van der Waals surface area (Å²) in [5.41, 5.74) is 0.538. The maximum Gasteiger partial charge on any atom is 0.243 e. The van der Waals surface area contributed by atoms with E-state index in [9.17, 15) is 9.59 Å². The summed E-state index contributed by atoms with van der Waals surface area (Å²) in [6.45, 7) is 5.63. The summed E-state index contributed by atoms with van der Waals surface area (Å²) in [5.74, 6) is -0.399. The zero-order chi connectivity index (χ0) is 18.6. The van der Waals surface area contributed by atoms with Crippen molar-refractivity contribution in [2.45, 2.75) is 26.1 Å². The number of benzene rings is 1. The van der Waals surface area contributed by atoms with Gasteiger partial charge in [0.2, 0.25) is 11.8 Å². The first-order valence-electron chi connectivity index (χ1n) is 8.11. The van der Waals surface area contributed by atoms with Crippen molar-refractivity contribution in [3.05, 3.63) is 28.2 Å². The quantitative estimate of drug-likeness (QED) is 0.842. The summed E-state index contributed by atoms with van der Waals surface area (Å²) >= 11 is 11.8. The van der Waals surface area contributed by atoms with E-state index in [1.807, 2.05) is 13.8 Å². The number of rotatable bonds is 5. The van der Waals surface area contributed by atoms with Gasteiger partial charge in [0.1, 0.15) is 0 Å². The lowest BCUT2D eigenvalue weighted by Crippen LogP contribution is -2.50. The first-order valence-corrected chi connectivity index (χ1v) is 8.87. The van der Waals surface area contributed by atoms with Gasteiger partial charge in [-0.15, -0.1) is 0 Å². The molecule has 0 radical (unpaired) electrons. The van der Waals surface area contributed by atoms with Crippen molar-refractivity contribution in [3.8, 4) is 0 Å². The number of ether oxygens (including phenoxy) is 1. The van der Waals surface area contributed by atoms with Gasteiger partial charge in [0, 0.05) is 25.8 Å². The smallest absolute Gasteiger partial charge is 0.243 e. The maximum absolute atomic E-state index is 12.3. The molecule has 1 aliphatic heterocycles. The third kappa shape index (κ3) is 6.15. The Kier molecular flexibility index (Phi) is 7.07. The van der Waals surface area contributed by atoms with Crippen molar-refractivity contribution in [3.63, 3.8) is 0 Å². The Morgan fingerprint density at radius 1 is 1.24 bits per heavy atom. The van der Waals surface area contributed by atoms with Crippen LogP contribution < -0.4 is 5.32 Å². The molecule has 1 heterocycles. The Labute approximate surface area is 158 Å². The second kappa shape index (κ2) is 8.85. The topological polar surface area (TPSA) is 61.9 Å². The fourth-order valence-corrected chi connectivity index (χ4v) is 3.10. The average Bonchev–Trinajstić information content (AvgIpc) is 2.49. The highest BCUT2D eigenvalue weighted by Crippen LogP contribution is 2.24. The molecule has 6 nitrogen and oxygen atoms in total. The van der Waals surface area contributed by atoms with Crippen LogP contribution >= 0.6 is 23.2 Å². The maximum atomic E-state index is 12.3. The molecule has 2 rings (SSSR count). The van der Waals surface area contributed by atoms with Crippen LogP contribution in [0.3, 0.4) is 0 Å². The van der Waals surface area contributed by atoms with Crippen molar-refractivity contribution in [2.75, 3.05) is 38.5 Å². The van der Waals surface area contributed by atoms with Crippen LogP contribution in [0.25, 0.3) is 0 Å². The number of likely N-dealkylation sites (N-methyl/N-ethyl adjacent to an activating group) is 1. The van der Waals surface area contributed by atoms with E-state index < -0.39 is 0 Å². The molecule has 2 amide bonds. The number of carbonyl (C=O) groups excluding carboxylic acids is 2.